The lowest BCUT2D eigenvalue weighted by Crippen LogP contribution is -2.60. The van der Waals surface area contributed by atoms with E-state index in [4.69, 9.17) is 9.47 Å². The van der Waals surface area contributed by atoms with Crippen molar-refractivity contribution in [1.82, 2.24) is 5.32 Å². The van der Waals surface area contributed by atoms with E-state index < -0.39 is 49.5 Å². The standard InChI is InChI=1S/C27H47NO8/c1-3-5-6-7-8-9-10-11-12-13-14-15-16-17-21(30)20(28-23(31)4-2)19-35-27-26(34)25(33)24(32)22(18-29)36-27/h8-9,12-13,16-17,20-22,24-27,29-30,32-34H,3-7,10-11,14-15,18-19H2,1-2H3,(H,28,31)/b9-8+,13-12+,17-16+. The third-order valence-electron chi connectivity index (χ3n) is 6.01. The van der Waals surface area contributed by atoms with Gasteiger partial charge in [0.2, 0.25) is 5.91 Å². The van der Waals surface area contributed by atoms with Crippen LogP contribution in [0.5, 0.6) is 0 Å². The predicted molar refractivity (Wildman–Crippen MR) is 138 cm³/mol. The van der Waals surface area contributed by atoms with E-state index >= 15 is 0 Å². The van der Waals surface area contributed by atoms with E-state index in [0.717, 1.165) is 32.1 Å². The quantitative estimate of drug-likeness (QED) is 0.120. The number of aliphatic hydroxyl groups is 5. The molecule has 6 N–H and O–H groups in total. The molecular weight excluding hydrogens is 466 g/mol. The molecule has 208 valence electrons. The number of carbonyl (C=O) groups is 1. The van der Waals surface area contributed by atoms with E-state index in [9.17, 15) is 30.3 Å². The summed E-state index contributed by atoms with van der Waals surface area (Å²) in [6.07, 6.45) is 12.8. The lowest BCUT2D eigenvalue weighted by atomic mass is 9.99. The van der Waals surface area contributed by atoms with Gasteiger partial charge in [0.25, 0.3) is 0 Å². The second kappa shape index (κ2) is 19.5. The molecule has 7 unspecified atom stereocenters. The van der Waals surface area contributed by atoms with Gasteiger partial charge in [-0.3, -0.25) is 4.79 Å². The highest BCUT2D eigenvalue weighted by atomic mass is 16.7. The van der Waals surface area contributed by atoms with Gasteiger partial charge in [0.15, 0.2) is 6.29 Å². The zero-order chi connectivity index (χ0) is 26.8. The number of allylic oxidation sites excluding steroid dienone is 5. The zero-order valence-corrected chi connectivity index (χ0v) is 21.7. The van der Waals surface area contributed by atoms with Crippen molar-refractivity contribution in [3.8, 4) is 0 Å². The average molecular weight is 514 g/mol. The first-order chi connectivity index (χ1) is 17.3. The number of hydrogen-bond donors (Lipinski definition) is 6. The molecule has 9 nitrogen and oxygen atoms in total. The number of aliphatic hydroxyl groups excluding tert-OH is 5. The lowest BCUT2D eigenvalue weighted by molar-refractivity contribution is -0.302. The SMILES string of the molecule is CCCCC/C=C/CC/C=C/CC/C=C/C(O)C(COC1OC(CO)C(O)C(O)C1O)NC(=O)CC. The molecular formula is C27H47NO8. The van der Waals surface area contributed by atoms with E-state index in [1.54, 1.807) is 13.0 Å². The van der Waals surface area contributed by atoms with Gasteiger partial charge >= 0.3 is 0 Å². The van der Waals surface area contributed by atoms with E-state index in [1.165, 1.54) is 19.3 Å². The van der Waals surface area contributed by atoms with Gasteiger partial charge in [-0.05, 0) is 38.5 Å². The Kier molecular flexibility index (Phi) is 17.6. The number of amides is 1. The number of ether oxygens (including phenoxy) is 2. The molecule has 1 fully saturated rings. The fraction of sp³-hybridized carbons (Fsp3) is 0.741. The maximum Gasteiger partial charge on any atom is 0.220 e. The van der Waals surface area contributed by atoms with Crippen LogP contribution in [0.15, 0.2) is 36.5 Å². The van der Waals surface area contributed by atoms with Crippen LogP contribution in [0.4, 0.5) is 0 Å². The summed E-state index contributed by atoms with van der Waals surface area (Å²) in [7, 11) is 0. The summed E-state index contributed by atoms with van der Waals surface area (Å²) in [5.41, 5.74) is 0. The summed E-state index contributed by atoms with van der Waals surface area (Å²) in [4.78, 5) is 11.9. The normalized spacial score (nSPS) is 26.7. The minimum atomic E-state index is -1.57. The van der Waals surface area contributed by atoms with Gasteiger partial charge in [0.05, 0.1) is 25.4 Å². The van der Waals surface area contributed by atoms with Gasteiger partial charge in [-0.25, -0.2) is 0 Å². The third kappa shape index (κ3) is 12.6. The Morgan fingerprint density at radius 3 is 2.11 bits per heavy atom. The summed E-state index contributed by atoms with van der Waals surface area (Å²) in [6, 6.07) is -0.819. The molecule has 1 saturated heterocycles. The molecule has 0 radical (unpaired) electrons. The summed E-state index contributed by atoms with van der Waals surface area (Å²) >= 11 is 0. The summed E-state index contributed by atoms with van der Waals surface area (Å²) in [5.74, 6) is -0.285. The lowest BCUT2D eigenvalue weighted by Gasteiger charge is -2.40. The van der Waals surface area contributed by atoms with E-state index in [-0.39, 0.29) is 18.9 Å². The highest BCUT2D eigenvalue weighted by Crippen LogP contribution is 2.22. The third-order valence-corrected chi connectivity index (χ3v) is 6.01. The molecule has 0 aromatic carbocycles. The first-order valence-corrected chi connectivity index (χ1v) is 13.2. The minimum absolute atomic E-state index is 0.214. The second-order valence-corrected chi connectivity index (χ2v) is 9.07. The maximum absolute atomic E-state index is 11.9. The van der Waals surface area contributed by atoms with Crippen molar-refractivity contribution in [3.63, 3.8) is 0 Å². The molecule has 9 heteroatoms. The first-order valence-electron chi connectivity index (χ1n) is 13.2. The largest absolute Gasteiger partial charge is 0.394 e. The van der Waals surface area contributed by atoms with Crippen molar-refractivity contribution in [2.45, 2.75) is 114 Å². The Morgan fingerprint density at radius 1 is 0.917 bits per heavy atom. The van der Waals surface area contributed by atoms with Crippen molar-refractivity contribution >= 4 is 5.91 Å². The van der Waals surface area contributed by atoms with Crippen LogP contribution in [0.3, 0.4) is 0 Å². The molecule has 7 atom stereocenters. The monoisotopic (exact) mass is 513 g/mol. The van der Waals surface area contributed by atoms with Gasteiger partial charge in [0.1, 0.15) is 24.4 Å². The summed E-state index contributed by atoms with van der Waals surface area (Å²) < 4.78 is 10.8. The molecule has 1 aliphatic rings. The van der Waals surface area contributed by atoms with Crippen molar-refractivity contribution in [2.24, 2.45) is 0 Å². The molecule has 0 aromatic heterocycles. The van der Waals surface area contributed by atoms with Gasteiger partial charge in [-0.1, -0.05) is 63.1 Å². The van der Waals surface area contributed by atoms with E-state index in [1.807, 2.05) is 6.08 Å². The zero-order valence-electron chi connectivity index (χ0n) is 21.7. The van der Waals surface area contributed by atoms with E-state index in [2.05, 4.69) is 36.5 Å². The molecule has 0 bridgehead atoms. The Bertz CT molecular complexity index is 666. The van der Waals surface area contributed by atoms with Crippen LogP contribution >= 0.6 is 0 Å². The number of hydrogen-bond acceptors (Lipinski definition) is 8. The van der Waals surface area contributed by atoms with Gasteiger partial charge in [-0.15, -0.1) is 0 Å². The smallest absolute Gasteiger partial charge is 0.220 e. The van der Waals surface area contributed by atoms with Gasteiger partial charge in [0, 0.05) is 6.42 Å². The van der Waals surface area contributed by atoms with Gasteiger partial charge in [-0.2, -0.15) is 0 Å². The molecule has 36 heavy (non-hydrogen) atoms. The van der Waals surface area contributed by atoms with Crippen LogP contribution in [-0.4, -0.2) is 87.5 Å². The average Bonchev–Trinajstić information content (AvgIpc) is 2.88. The maximum atomic E-state index is 11.9. The van der Waals surface area contributed by atoms with Crippen LogP contribution in [0, 0.1) is 0 Å². The fourth-order valence-electron chi connectivity index (χ4n) is 3.68. The predicted octanol–water partition coefficient (Wildman–Crippen LogP) is 1.87. The Labute approximate surface area is 215 Å². The molecule has 1 amide bonds. The molecule has 0 saturated carbocycles. The second-order valence-electron chi connectivity index (χ2n) is 9.07. The highest BCUT2D eigenvalue weighted by Gasteiger charge is 2.44. The number of rotatable bonds is 18. The van der Waals surface area contributed by atoms with Crippen molar-refractivity contribution in [2.75, 3.05) is 13.2 Å². The fourth-order valence-corrected chi connectivity index (χ4v) is 3.68. The van der Waals surface area contributed by atoms with Crippen molar-refractivity contribution in [1.29, 1.82) is 0 Å². The molecule has 1 heterocycles. The Morgan fingerprint density at radius 2 is 1.53 bits per heavy atom. The van der Waals surface area contributed by atoms with Crippen molar-refractivity contribution < 1.29 is 39.8 Å². The van der Waals surface area contributed by atoms with Crippen LogP contribution < -0.4 is 5.32 Å². The van der Waals surface area contributed by atoms with Crippen LogP contribution in [0.1, 0.15) is 71.6 Å². The molecule has 0 spiro atoms. The topological polar surface area (TPSA) is 149 Å². The van der Waals surface area contributed by atoms with Crippen LogP contribution in [-0.2, 0) is 14.3 Å². The molecule has 0 aliphatic carbocycles. The molecule has 1 aliphatic heterocycles. The molecule has 1 rings (SSSR count). The number of carbonyl (C=O) groups excluding carboxylic acids is 1. The first kappa shape index (κ1) is 32.4. The van der Waals surface area contributed by atoms with E-state index in [0.29, 0.717) is 0 Å². The van der Waals surface area contributed by atoms with Gasteiger partial charge < -0.3 is 40.3 Å². The van der Waals surface area contributed by atoms with Crippen LogP contribution in [0.2, 0.25) is 0 Å². The number of unbranched alkanes of at least 4 members (excludes halogenated alkanes) is 5. The minimum Gasteiger partial charge on any atom is -0.394 e. The van der Waals surface area contributed by atoms with Crippen LogP contribution in [0.25, 0.3) is 0 Å². The Hall–Kier alpha value is -1.59. The Balaban J connectivity index is 2.46. The number of nitrogens with one attached hydrogen (secondary N) is 1. The summed E-state index contributed by atoms with van der Waals surface area (Å²) in [6.45, 7) is 3.10. The highest BCUT2D eigenvalue weighted by molar-refractivity contribution is 5.75. The van der Waals surface area contributed by atoms with Crippen molar-refractivity contribution in [3.05, 3.63) is 36.5 Å². The summed E-state index contributed by atoms with van der Waals surface area (Å²) in [5, 5.41) is 52.5. The molecule has 0 aromatic rings.